The Morgan fingerprint density at radius 3 is 2.36 bits per heavy atom. The minimum atomic E-state index is -0.567. The van der Waals surface area contributed by atoms with Crippen molar-refractivity contribution >= 4 is 29.1 Å². The predicted octanol–water partition coefficient (Wildman–Crippen LogP) is 2.82. The lowest BCUT2D eigenvalue weighted by atomic mass is 10.0. The van der Waals surface area contributed by atoms with E-state index in [-0.39, 0.29) is 12.2 Å². The molecule has 1 N–H and O–H groups in total. The summed E-state index contributed by atoms with van der Waals surface area (Å²) < 4.78 is 0. The molecule has 3 rings (SSSR count). The second kappa shape index (κ2) is 5.44. The highest BCUT2D eigenvalue weighted by Gasteiger charge is 2.29. The van der Waals surface area contributed by atoms with Gasteiger partial charge in [0.2, 0.25) is 5.91 Å². The van der Waals surface area contributed by atoms with Gasteiger partial charge in [-0.2, -0.15) is 0 Å². The number of nitrogens with zero attached hydrogens (tertiary/aromatic N) is 1. The SMILES string of the molecule is CC(=O)NC(=O)N1c2ccccc2CC(=O)c2ccccc21. The van der Waals surface area contributed by atoms with Crippen LogP contribution in [0.3, 0.4) is 0 Å². The maximum absolute atomic E-state index is 12.5. The minimum Gasteiger partial charge on any atom is -0.294 e. The molecule has 0 bridgehead atoms. The van der Waals surface area contributed by atoms with Crippen molar-refractivity contribution in [2.75, 3.05) is 4.90 Å². The van der Waals surface area contributed by atoms with E-state index in [1.54, 1.807) is 36.4 Å². The molecule has 2 aromatic rings. The number of fused-ring (bicyclic) bond motifs is 2. The normalized spacial score (nSPS) is 13.0. The summed E-state index contributed by atoms with van der Waals surface area (Å²) in [6.07, 6.45) is 0.219. The number of carbonyl (C=O) groups excluding carboxylic acids is 3. The summed E-state index contributed by atoms with van der Waals surface area (Å²) in [7, 11) is 0. The van der Waals surface area contributed by atoms with E-state index in [2.05, 4.69) is 5.32 Å². The van der Waals surface area contributed by atoms with Gasteiger partial charge in [0.05, 0.1) is 11.4 Å². The van der Waals surface area contributed by atoms with Crippen LogP contribution in [0.25, 0.3) is 0 Å². The molecule has 3 amide bonds. The van der Waals surface area contributed by atoms with Gasteiger partial charge in [-0.25, -0.2) is 4.79 Å². The van der Waals surface area contributed by atoms with Gasteiger partial charge in [-0.1, -0.05) is 30.3 Å². The molecule has 0 saturated heterocycles. The Kier molecular flexibility index (Phi) is 3.47. The van der Waals surface area contributed by atoms with Crippen molar-refractivity contribution in [3.05, 3.63) is 59.7 Å². The first-order valence-corrected chi connectivity index (χ1v) is 6.90. The monoisotopic (exact) mass is 294 g/mol. The van der Waals surface area contributed by atoms with Crippen molar-refractivity contribution in [1.82, 2.24) is 5.32 Å². The summed E-state index contributed by atoms with van der Waals surface area (Å²) in [5.74, 6) is -0.503. The van der Waals surface area contributed by atoms with E-state index in [1.807, 2.05) is 12.1 Å². The van der Waals surface area contributed by atoms with E-state index in [9.17, 15) is 14.4 Å². The zero-order valence-corrected chi connectivity index (χ0v) is 12.0. The summed E-state index contributed by atoms with van der Waals surface area (Å²) in [4.78, 5) is 37.5. The molecule has 0 saturated carbocycles. The van der Waals surface area contributed by atoms with Crippen LogP contribution in [0.2, 0.25) is 0 Å². The molecular weight excluding hydrogens is 280 g/mol. The Hall–Kier alpha value is -2.95. The molecule has 0 spiro atoms. The van der Waals surface area contributed by atoms with Crippen LogP contribution in [0, 0.1) is 0 Å². The summed E-state index contributed by atoms with van der Waals surface area (Å²) in [6, 6.07) is 13.5. The van der Waals surface area contributed by atoms with Gasteiger partial charge in [0.25, 0.3) is 0 Å². The Morgan fingerprint density at radius 1 is 1.00 bits per heavy atom. The lowest BCUT2D eigenvalue weighted by Gasteiger charge is -2.24. The Bertz CT molecular complexity index is 783. The maximum atomic E-state index is 12.5. The van der Waals surface area contributed by atoms with Crippen LogP contribution in [-0.4, -0.2) is 17.7 Å². The topological polar surface area (TPSA) is 66.5 Å². The minimum absolute atomic E-state index is 0.0545. The number of nitrogens with one attached hydrogen (secondary N) is 1. The fourth-order valence-electron chi connectivity index (χ4n) is 2.61. The largest absolute Gasteiger partial charge is 0.333 e. The van der Waals surface area contributed by atoms with Gasteiger partial charge in [-0.15, -0.1) is 0 Å². The second-order valence-corrected chi connectivity index (χ2v) is 5.07. The number of amides is 3. The summed E-state index contributed by atoms with van der Waals surface area (Å²) in [5.41, 5.74) is 2.32. The molecule has 0 atom stereocenters. The molecule has 5 heteroatoms. The van der Waals surface area contributed by atoms with Crippen LogP contribution < -0.4 is 10.2 Å². The quantitative estimate of drug-likeness (QED) is 0.812. The van der Waals surface area contributed by atoms with Gasteiger partial charge in [-0.05, 0) is 23.8 Å². The van der Waals surface area contributed by atoms with Crippen molar-refractivity contribution in [3.8, 4) is 0 Å². The standard InChI is InChI=1S/C17H14N2O3/c1-11(20)18-17(22)19-14-8-4-2-6-12(14)10-16(21)13-7-3-5-9-15(13)19/h2-9H,10H2,1H3,(H,18,20,22). The molecule has 1 heterocycles. The molecule has 2 aromatic carbocycles. The molecule has 1 aliphatic rings. The molecule has 22 heavy (non-hydrogen) atoms. The summed E-state index contributed by atoms with van der Waals surface area (Å²) in [6.45, 7) is 1.28. The third kappa shape index (κ3) is 2.37. The second-order valence-electron chi connectivity index (χ2n) is 5.07. The number of carbonyl (C=O) groups is 3. The van der Waals surface area contributed by atoms with E-state index in [1.165, 1.54) is 11.8 Å². The smallest absolute Gasteiger partial charge is 0.294 e. The number of hydrogen-bond donors (Lipinski definition) is 1. The summed E-state index contributed by atoms with van der Waals surface area (Å²) >= 11 is 0. The predicted molar refractivity (Wildman–Crippen MR) is 82.3 cm³/mol. The molecule has 1 aliphatic heterocycles. The van der Waals surface area contributed by atoms with Crippen LogP contribution in [0.5, 0.6) is 0 Å². The number of para-hydroxylation sites is 2. The summed E-state index contributed by atoms with van der Waals surface area (Å²) in [5, 5.41) is 2.27. The number of benzene rings is 2. The zero-order chi connectivity index (χ0) is 15.7. The van der Waals surface area contributed by atoms with Gasteiger partial charge in [0, 0.05) is 18.9 Å². The van der Waals surface area contributed by atoms with E-state index >= 15 is 0 Å². The molecule has 0 aliphatic carbocycles. The van der Waals surface area contributed by atoms with E-state index in [0.29, 0.717) is 16.9 Å². The van der Waals surface area contributed by atoms with Crippen molar-refractivity contribution in [3.63, 3.8) is 0 Å². The zero-order valence-electron chi connectivity index (χ0n) is 12.0. The number of hydrogen-bond acceptors (Lipinski definition) is 3. The average Bonchev–Trinajstić information content (AvgIpc) is 2.61. The number of rotatable bonds is 0. The Morgan fingerprint density at radius 2 is 1.64 bits per heavy atom. The van der Waals surface area contributed by atoms with Crippen LogP contribution in [0.15, 0.2) is 48.5 Å². The lowest BCUT2D eigenvalue weighted by Crippen LogP contribution is -2.39. The first-order chi connectivity index (χ1) is 10.6. The van der Waals surface area contributed by atoms with Crippen LogP contribution in [-0.2, 0) is 11.2 Å². The van der Waals surface area contributed by atoms with Crippen molar-refractivity contribution in [2.24, 2.45) is 0 Å². The van der Waals surface area contributed by atoms with Crippen LogP contribution in [0.4, 0.5) is 16.2 Å². The highest BCUT2D eigenvalue weighted by molar-refractivity contribution is 6.14. The number of imide groups is 1. The fourth-order valence-corrected chi connectivity index (χ4v) is 2.61. The van der Waals surface area contributed by atoms with E-state index < -0.39 is 11.9 Å². The molecule has 0 radical (unpaired) electrons. The number of ketones is 1. The first kappa shape index (κ1) is 14.0. The van der Waals surface area contributed by atoms with Crippen LogP contribution in [0.1, 0.15) is 22.8 Å². The van der Waals surface area contributed by atoms with Gasteiger partial charge < -0.3 is 0 Å². The van der Waals surface area contributed by atoms with Crippen molar-refractivity contribution < 1.29 is 14.4 Å². The molecule has 0 fully saturated rings. The number of anilines is 2. The van der Waals surface area contributed by atoms with E-state index in [4.69, 9.17) is 0 Å². The number of urea groups is 1. The highest BCUT2D eigenvalue weighted by Crippen LogP contribution is 2.35. The fraction of sp³-hybridized carbons (Fsp3) is 0.118. The molecular formula is C17H14N2O3. The highest BCUT2D eigenvalue weighted by atomic mass is 16.2. The van der Waals surface area contributed by atoms with Crippen molar-refractivity contribution in [1.29, 1.82) is 0 Å². The Balaban J connectivity index is 2.22. The van der Waals surface area contributed by atoms with Gasteiger partial charge in [0.15, 0.2) is 5.78 Å². The van der Waals surface area contributed by atoms with Crippen LogP contribution >= 0.6 is 0 Å². The average molecular weight is 294 g/mol. The van der Waals surface area contributed by atoms with Crippen molar-refractivity contribution in [2.45, 2.75) is 13.3 Å². The van der Waals surface area contributed by atoms with Gasteiger partial charge >= 0.3 is 6.03 Å². The van der Waals surface area contributed by atoms with Gasteiger partial charge in [-0.3, -0.25) is 19.8 Å². The number of Topliss-reactive ketones (excluding diaryl/α,β-unsaturated/α-hetero) is 1. The Labute approximate surface area is 127 Å². The molecule has 0 unspecified atom stereocenters. The molecule has 0 aromatic heterocycles. The lowest BCUT2D eigenvalue weighted by molar-refractivity contribution is -0.117. The third-order valence-corrected chi connectivity index (χ3v) is 3.51. The third-order valence-electron chi connectivity index (χ3n) is 3.51. The van der Waals surface area contributed by atoms with Gasteiger partial charge in [0.1, 0.15) is 0 Å². The molecule has 5 nitrogen and oxygen atoms in total. The maximum Gasteiger partial charge on any atom is 0.333 e. The first-order valence-electron chi connectivity index (χ1n) is 6.90. The van der Waals surface area contributed by atoms with E-state index in [0.717, 1.165) is 5.56 Å². The molecule has 110 valence electrons.